The van der Waals surface area contributed by atoms with Crippen molar-refractivity contribution < 1.29 is 18.7 Å². The van der Waals surface area contributed by atoms with Gasteiger partial charge in [-0.15, -0.1) is 0 Å². The summed E-state index contributed by atoms with van der Waals surface area (Å²) in [5.41, 5.74) is 1.86. The number of aryl methyl sites for hydroxylation is 1. The zero-order chi connectivity index (χ0) is 18.3. The monoisotopic (exact) mass is 346 g/mol. The number of carbonyl (C=O) groups excluding carboxylic acids is 1. The van der Waals surface area contributed by atoms with Crippen LogP contribution in [0, 0.1) is 6.92 Å². The molecule has 4 rings (SSSR count). The van der Waals surface area contributed by atoms with Gasteiger partial charge in [0, 0.05) is 21.7 Å². The first-order valence-electron chi connectivity index (χ1n) is 8.31. The van der Waals surface area contributed by atoms with Crippen LogP contribution in [0.5, 0.6) is 11.5 Å². The first-order chi connectivity index (χ1) is 12.6. The highest BCUT2D eigenvalue weighted by molar-refractivity contribution is 6.20. The van der Waals surface area contributed by atoms with E-state index >= 15 is 0 Å². The van der Waals surface area contributed by atoms with Crippen molar-refractivity contribution in [2.75, 3.05) is 14.2 Å². The molecule has 26 heavy (non-hydrogen) atoms. The maximum absolute atomic E-state index is 13.1. The summed E-state index contributed by atoms with van der Waals surface area (Å²) in [7, 11) is 3.23. The fourth-order valence-electron chi connectivity index (χ4n) is 3.34. The molecule has 0 atom stereocenters. The number of fused-ring (bicyclic) bond motifs is 3. The van der Waals surface area contributed by atoms with Gasteiger partial charge in [-0.1, -0.05) is 24.3 Å². The molecule has 0 radical (unpaired) electrons. The number of carbonyl (C=O) groups is 1. The summed E-state index contributed by atoms with van der Waals surface area (Å²) in [5, 5.41) is 2.65. The minimum absolute atomic E-state index is 0.0822. The van der Waals surface area contributed by atoms with E-state index in [0.29, 0.717) is 28.2 Å². The van der Waals surface area contributed by atoms with Crippen molar-refractivity contribution in [3.05, 3.63) is 71.5 Å². The summed E-state index contributed by atoms with van der Waals surface area (Å²) in [5.74, 6) is 1.95. The molecule has 4 heteroatoms. The normalized spacial score (nSPS) is 11.0. The minimum atomic E-state index is -0.0822. The van der Waals surface area contributed by atoms with Gasteiger partial charge >= 0.3 is 0 Å². The molecular formula is C22H18O4. The highest BCUT2D eigenvalue weighted by Crippen LogP contribution is 2.38. The number of hydrogen-bond acceptors (Lipinski definition) is 4. The van der Waals surface area contributed by atoms with Crippen LogP contribution in [0.15, 0.2) is 59.0 Å². The molecule has 3 aromatic carbocycles. The van der Waals surface area contributed by atoms with Gasteiger partial charge in [0.2, 0.25) is 0 Å². The number of hydrogen-bond donors (Lipinski definition) is 0. The van der Waals surface area contributed by atoms with E-state index < -0.39 is 0 Å². The van der Waals surface area contributed by atoms with Crippen LogP contribution >= 0.6 is 0 Å². The van der Waals surface area contributed by atoms with Gasteiger partial charge in [0.1, 0.15) is 22.8 Å². The lowest BCUT2D eigenvalue weighted by Gasteiger charge is -2.07. The maximum atomic E-state index is 13.1. The van der Waals surface area contributed by atoms with Crippen LogP contribution in [0.4, 0.5) is 0 Å². The Labute approximate surface area is 150 Å². The lowest BCUT2D eigenvalue weighted by atomic mass is 9.98. The van der Waals surface area contributed by atoms with Crippen LogP contribution in [-0.2, 0) is 0 Å². The molecule has 0 aliphatic rings. The molecule has 0 spiro atoms. The highest BCUT2D eigenvalue weighted by atomic mass is 16.5. The van der Waals surface area contributed by atoms with E-state index in [9.17, 15) is 4.79 Å². The summed E-state index contributed by atoms with van der Waals surface area (Å²) in [6.45, 7) is 1.82. The van der Waals surface area contributed by atoms with Crippen LogP contribution in [0.25, 0.3) is 21.7 Å². The van der Waals surface area contributed by atoms with Gasteiger partial charge in [-0.2, -0.15) is 0 Å². The van der Waals surface area contributed by atoms with Crippen molar-refractivity contribution >= 4 is 27.5 Å². The lowest BCUT2D eigenvalue weighted by molar-refractivity contribution is 0.103. The van der Waals surface area contributed by atoms with E-state index in [-0.39, 0.29) is 5.78 Å². The highest BCUT2D eigenvalue weighted by Gasteiger charge is 2.22. The van der Waals surface area contributed by atoms with Gasteiger partial charge in [0.25, 0.3) is 0 Å². The number of benzene rings is 3. The third kappa shape index (κ3) is 2.42. The van der Waals surface area contributed by atoms with Crippen molar-refractivity contribution in [2.24, 2.45) is 0 Å². The van der Waals surface area contributed by atoms with E-state index in [1.165, 1.54) is 0 Å². The second-order valence-electron chi connectivity index (χ2n) is 6.09. The third-order valence-corrected chi connectivity index (χ3v) is 4.63. The predicted molar refractivity (Wildman–Crippen MR) is 101 cm³/mol. The summed E-state index contributed by atoms with van der Waals surface area (Å²) in [4.78, 5) is 13.1. The molecule has 0 unspecified atom stereocenters. The Hall–Kier alpha value is -3.27. The summed E-state index contributed by atoms with van der Waals surface area (Å²) < 4.78 is 16.7. The molecule has 1 heterocycles. The molecule has 0 aliphatic heterocycles. The number of methoxy groups -OCH3 is 2. The van der Waals surface area contributed by atoms with Crippen LogP contribution < -0.4 is 9.47 Å². The van der Waals surface area contributed by atoms with E-state index in [1.807, 2.05) is 37.3 Å². The Morgan fingerprint density at radius 2 is 1.58 bits per heavy atom. The molecule has 0 bridgehead atoms. The van der Waals surface area contributed by atoms with Crippen molar-refractivity contribution in [3.8, 4) is 11.5 Å². The van der Waals surface area contributed by atoms with Gasteiger partial charge in [-0.25, -0.2) is 0 Å². The number of ether oxygens (including phenoxy) is 2. The van der Waals surface area contributed by atoms with E-state index in [0.717, 1.165) is 21.9 Å². The zero-order valence-corrected chi connectivity index (χ0v) is 14.8. The SMILES string of the molecule is COc1ccc(C(=O)c2c(C)oc3c2cc(OC)c2ccccc23)cc1. The summed E-state index contributed by atoms with van der Waals surface area (Å²) in [6, 6.07) is 16.8. The largest absolute Gasteiger partial charge is 0.497 e. The Morgan fingerprint density at radius 1 is 0.885 bits per heavy atom. The molecule has 0 saturated heterocycles. The predicted octanol–water partition coefficient (Wildman–Crippen LogP) is 5.14. The van der Waals surface area contributed by atoms with Gasteiger partial charge in [0.05, 0.1) is 19.8 Å². The van der Waals surface area contributed by atoms with Crippen molar-refractivity contribution in [1.29, 1.82) is 0 Å². The standard InChI is InChI=1S/C22H18O4/c1-13-20(21(23)14-8-10-15(24-2)11-9-14)18-12-19(25-3)16-6-4-5-7-17(16)22(18)26-13/h4-12H,1-3H3. The molecule has 0 fully saturated rings. The van der Waals surface area contributed by atoms with Crippen LogP contribution in [0.1, 0.15) is 21.7 Å². The number of furan rings is 1. The Bertz CT molecular complexity index is 1120. The quantitative estimate of drug-likeness (QED) is 0.480. The molecule has 0 N–H and O–H groups in total. The van der Waals surface area contributed by atoms with E-state index in [1.54, 1.807) is 38.5 Å². The van der Waals surface area contributed by atoms with Crippen molar-refractivity contribution in [3.63, 3.8) is 0 Å². The number of ketones is 1. The molecule has 0 saturated carbocycles. The van der Waals surface area contributed by atoms with Gasteiger partial charge in [-0.3, -0.25) is 4.79 Å². The van der Waals surface area contributed by atoms with Gasteiger partial charge in [-0.05, 0) is 37.3 Å². The van der Waals surface area contributed by atoms with Crippen LogP contribution in [0.2, 0.25) is 0 Å². The zero-order valence-electron chi connectivity index (χ0n) is 14.8. The third-order valence-electron chi connectivity index (χ3n) is 4.63. The molecule has 0 aliphatic carbocycles. The average molecular weight is 346 g/mol. The smallest absolute Gasteiger partial charge is 0.197 e. The molecule has 4 aromatic rings. The first kappa shape index (κ1) is 16.2. The Morgan fingerprint density at radius 3 is 2.23 bits per heavy atom. The van der Waals surface area contributed by atoms with E-state index in [2.05, 4.69) is 0 Å². The summed E-state index contributed by atoms with van der Waals surface area (Å²) in [6.07, 6.45) is 0. The topological polar surface area (TPSA) is 48.7 Å². The molecule has 130 valence electrons. The maximum Gasteiger partial charge on any atom is 0.197 e. The fraction of sp³-hybridized carbons (Fsp3) is 0.136. The van der Waals surface area contributed by atoms with Gasteiger partial charge < -0.3 is 13.9 Å². The molecular weight excluding hydrogens is 328 g/mol. The van der Waals surface area contributed by atoms with Crippen molar-refractivity contribution in [2.45, 2.75) is 6.92 Å². The minimum Gasteiger partial charge on any atom is -0.497 e. The van der Waals surface area contributed by atoms with Crippen molar-refractivity contribution in [1.82, 2.24) is 0 Å². The average Bonchev–Trinajstić information content (AvgIpc) is 3.02. The van der Waals surface area contributed by atoms with E-state index in [4.69, 9.17) is 13.9 Å². The summed E-state index contributed by atoms with van der Waals surface area (Å²) >= 11 is 0. The van der Waals surface area contributed by atoms with Gasteiger partial charge in [0.15, 0.2) is 5.78 Å². The van der Waals surface area contributed by atoms with Crippen LogP contribution in [-0.4, -0.2) is 20.0 Å². The lowest BCUT2D eigenvalue weighted by Crippen LogP contribution is -2.02. The first-order valence-corrected chi connectivity index (χ1v) is 8.31. The molecule has 1 aromatic heterocycles. The fourth-order valence-corrected chi connectivity index (χ4v) is 3.34. The Balaban J connectivity index is 1.96. The molecule has 4 nitrogen and oxygen atoms in total. The number of rotatable bonds is 4. The van der Waals surface area contributed by atoms with Crippen LogP contribution in [0.3, 0.4) is 0 Å². The second-order valence-corrected chi connectivity index (χ2v) is 6.09. The Kier molecular flexibility index (Phi) is 3.88. The molecule has 0 amide bonds. The second kappa shape index (κ2) is 6.23.